The first-order chi connectivity index (χ1) is 16.1. The van der Waals surface area contributed by atoms with Crippen molar-refractivity contribution < 1.29 is 22.9 Å². The van der Waals surface area contributed by atoms with E-state index in [9.17, 15) is 23.3 Å². The number of aryl methyl sites for hydroxylation is 1. The molecule has 0 atom stereocenters. The van der Waals surface area contributed by atoms with Crippen LogP contribution in [0.4, 0.5) is 17.1 Å². The molecule has 0 heterocycles. The number of nitrogens with two attached hydrogens (primary N) is 1. The normalized spacial score (nSPS) is 11.0. The molecule has 3 rings (SSSR count). The number of carbonyl (C=O) groups is 1. The average Bonchev–Trinajstić information content (AvgIpc) is 2.79. The molecule has 0 aromatic heterocycles. The molecule has 4 N–H and O–H groups in total. The lowest BCUT2D eigenvalue weighted by Gasteiger charge is -2.14. The van der Waals surface area contributed by atoms with Gasteiger partial charge in [0.1, 0.15) is 18.0 Å². The minimum Gasteiger partial charge on any atom is -0.487 e. The van der Waals surface area contributed by atoms with E-state index in [0.717, 1.165) is 23.3 Å². The highest BCUT2D eigenvalue weighted by atomic mass is 32.2. The molecule has 0 aliphatic heterocycles. The number of nitrogens with one attached hydrogen (secondary N) is 2. The largest absolute Gasteiger partial charge is 0.487 e. The summed E-state index contributed by atoms with van der Waals surface area (Å²) in [6.45, 7) is 2.33. The van der Waals surface area contributed by atoms with Crippen LogP contribution >= 0.6 is 0 Å². The topological polar surface area (TPSA) is 154 Å². The minimum absolute atomic E-state index is 0.0000942. The van der Waals surface area contributed by atoms with Crippen LogP contribution in [0.1, 0.15) is 17.5 Å². The van der Waals surface area contributed by atoms with E-state index in [1.807, 2.05) is 49.4 Å². The summed E-state index contributed by atoms with van der Waals surface area (Å²) < 4.78 is 28.8. The highest BCUT2D eigenvalue weighted by Crippen LogP contribution is 2.28. The molecule has 0 saturated carbocycles. The summed E-state index contributed by atoms with van der Waals surface area (Å²) in [4.78, 5) is 22.7. The van der Waals surface area contributed by atoms with Crippen LogP contribution in [-0.2, 0) is 21.4 Å². The summed E-state index contributed by atoms with van der Waals surface area (Å²) in [5.41, 5.74) is 2.09. The monoisotopic (exact) mass is 484 g/mol. The second kappa shape index (κ2) is 10.8. The average molecular weight is 485 g/mol. The number of sulfonamides is 1. The van der Waals surface area contributed by atoms with Gasteiger partial charge >= 0.3 is 0 Å². The van der Waals surface area contributed by atoms with Gasteiger partial charge in [-0.1, -0.05) is 36.4 Å². The third kappa shape index (κ3) is 6.77. The number of hydrogen-bond donors (Lipinski definition) is 3. The van der Waals surface area contributed by atoms with Crippen molar-refractivity contribution >= 4 is 33.0 Å². The Kier molecular flexibility index (Phi) is 7.82. The van der Waals surface area contributed by atoms with Gasteiger partial charge in [-0.15, -0.1) is 0 Å². The van der Waals surface area contributed by atoms with Crippen molar-refractivity contribution in [3.05, 3.63) is 88.0 Å². The molecule has 0 aliphatic rings. The molecule has 10 nitrogen and oxygen atoms in total. The molecule has 1 amide bonds. The number of ether oxygens (including phenoxy) is 1. The Labute approximate surface area is 196 Å². The summed E-state index contributed by atoms with van der Waals surface area (Å²) in [6.07, 6.45) is 0.0000942. The van der Waals surface area contributed by atoms with E-state index in [-0.39, 0.29) is 29.5 Å². The zero-order chi connectivity index (χ0) is 24.7. The van der Waals surface area contributed by atoms with E-state index in [4.69, 9.17) is 9.88 Å². The highest BCUT2D eigenvalue weighted by molar-refractivity contribution is 7.89. The lowest BCUT2D eigenvalue weighted by atomic mass is 10.2. The predicted molar refractivity (Wildman–Crippen MR) is 128 cm³/mol. The number of hydrogen-bond acceptors (Lipinski definition) is 7. The van der Waals surface area contributed by atoms with Gasteiger partial charge < -0.3 is 15.4 Å². The fourth-order valence-electron chi connectivity index (χ4n) is 3.10. The molecule has 0 spiro atoms. The van der Waals surface area contributed by atoms with E-state index in [1.54, 1.807) is 6.07 Å². The van der Waals surface area contributed by atoms with E-state index < -0.39 is 20.6 Å². The molecular weight excluding hydrogens is 460 g/mol. The Morgan fingerprint density at radius 3 is 2.44 bits per heavy atom. The number of carbonyl (C=O) groups excluding carboxylic acids is 1. The highest BCUT2D eigenvalue weighted by Gasteiger charge is 2.19. The van der Waals surface area contributed by atoms with Crippen LogP contribution < -0.4 is 20.5 Å². The van der Waals surface area contributed by atoms with Crippen LogP contribution in [0, 0.1) is 17.0 Å². The van der Waals surface area contributed by atoms with Crippen LogP contribution in [0.25, 0.3) is 0 Å². The summed E-state index contributed by atoms with van der Waals surface area (Å²) in [6, 6.07) is 18.3. The number of nitro groups is 1. The van der Waals surface area contributed by atoms with Crippen LogP contribution in [-0.4, -0.2) is 25.8 Å². The number of anilines is 2. The number of amides is 1. The van der Waals surface area contributed by atoms with E-state index >= 15 is 0 Å². The standard InChI is InChI=1S/C23H24N4O6S/c1-16-7-9-20(22(13-16)33-15-17-5-3-2-4-6-17)26-23(28)11-12-25-19-10-8-18(34(24,31)32)14-21(19)27(29)30/h2-10,13-14,25H,11-12,15H2,1H3,(H,26,28)(H2,24,31,32). The fraction of sp³-hybridized carbons (Fsp3) is 0.174. The summed E-state index contributed by atoms with van der Waals surface area (Å²) in [5.74, 6) is 0.198. The number of benzene rings is 3. The Balaban J connectivity index is 1.62. The van der Waals surface area contributed by atoms with Gasteiger partial charge in [-0.2, -0.15) is 0 Å². The molecule has 0 saturated heterocycles. The van der Waals surface area contributed by atoms with Crippen molar-refractivity contribution in [1.82, 2.24) is 0 Å². The quantitative estimate of drug-likeness (QED) is 0.294. The van der Waals surface area contributed by atoms with Gasteiger partial charge in [-0.25, -0.2) is 13.6 Å². The van der Waals surface area contributed by atoms with E-state index in [2.05, 4.69) is 10.6 Å². The third-order valence-electron chi connectivity index (χ3n) is 4.81. The molecule has 3 aromatic rings. The van der Waals surface area contributed by atoms with Crippen molar-refractivity contribution in [2.24, 2.45) is 5.14 Å². The molecular formula is C23H24N4O6S. The van der Waals surface area contributed by atoms with Gasteiger partial charge in [0.15, 0.2) is 0 Å². The molecule has 0 radical (unpaired) electrons. The number of nitro benzene ring substituents is 1. The van der Waals surface area contributed by atoms with Crippen LogP contribution in [0.3, 0.4) is 0 Å². The van der Waals surface area contributed by atoms with Crippen LogP contribution in [0.5, 0.6) is 5.75 Å². The number of primary sulfonamides is 1. The Hall–Kier alpha value is -3.96. The van der Waals surface area contributed by atoms with Gasteiger partial charge in [0.05, 0.1) is 15.5 Å². The Morgan fingerprint density at radius 2 is 1.76 bits per heavy atom. The maximum atomic E-state index is 12.5. The van der Waals surface area contributed by atoms with Gasteiger partial charge in [0.2, 0.25) is 15.9 Å². The van der Waals surface area contributed by atoms with Crippen LogP contribution in [0.2, 0.25) is 0 Å². The first kappa shape index (κ1) is 24.7. The summed E-state index contributed by atoms with van der Waals surface area (Å²) >= 11 is 0. The van der Waals surface area contributed by atoms with Crippen molar-refractivity contribution in [3.63, 3.8) is 0 Å². The van der Waals surface area contributed by atoms with Crippen molar-refractivity contribution in [2.45, 2.75) is 24.8 Å². The number of nitrogens with zero attached hydrogens (tertiary/aromatic N) is 1. The molecule has 0 aliphatic carbocycles. The second-order valence-corrected chi connectivity index (χ2v) is 9.04. The van der Waals surface area contributed by atoms with Gasteiger partial charge in [-0.3, -0.25) is 14.9 Å². The van der Waals surface area contributed by atoms with Crippen molar-refractivity contribution in [3.8, 4) is 5.75 Å². The smallest absolute Gasteiger partial charge is 0.293 e. The zero-order valence-electron chi connectivity index (χ0n) is 18.4. The third-order valence-corrected chi connectivity index (χ3v) is 5.72. The lowest BCUT2D eigenvalue weighted by Crippen LogP contribution is -2.17. The van der Waals surface area contributed by atoms with E-state index in [0.29, 0.717) is 18.0 Å². The SMILES string of the molecule is Cc1ccc(NC(=O)CCNc2ccc(S(N)(=O)=O)cc2[N+](=O)[O-])c(OCc2ccccc2)c1. The number of rotatable bonds is 10. The Bertz CT molecular complexity index is 1300. The van der Waals surface area contributed by atoms with Crippen molar-refractivity contribution in [2.75, 3.05) is 17.2 Å². The van der Waals surface area contributed by atoms with Gasteiger partial charge in [0, 0.05) is 19.0 Å². The molecule has 34 heavy (non-hydrogen) atoms. The molecule has 0 bridgehead atoms. The first-order valence-corrected chi connectivity index (χ1v) is 11.8. The Morgan fingerprint density at radius 1 is 1.06 bits per heavy atom. The van der Waals surface area contributed by atoms with Gasteiger partial charge in [0.25, 0.3) is 5.69 Å². The van der Waals surface area contributed by atoms with Crippen LogP contribution in [0.15, 0.2) is 71.6 Å². The predicted octanol–water partition coefficient (Wildman–Crippen LogP) is 3.57. The molecule has 178 valence electrons. The zero-order valence-corrected chi connectivity index (χ0v) is 19.2. The molecule has 11 heteroatoms. The summed E-state index contributed by atoms with van der Waals surface area (Å²) in [7, 11) is -4.08. The molecule has 3 aromatic carbocycles. The first-order valence-electron chi connectivity index (χ1n) is 10.3. The molecule has 0 fully saturated rings. The van der Waals surface area contributed by atoms with E-state index in [1.165, 1.54) is 6.07 Å². The maximum Gasteiger partial charge on any atom is 0.293 e. The maximum absolute atomic E-state index is 12.5. The molecule has 0 unspecified atom stereocenters. The fourth-order valence-corrected chi connectivity index (χ4v) is 3.63. The van der Waals surface area contributed by atoms with Gasteiger partial charge in [-0.05, 0) is 42.3 Å². The second-order valence-electron chi connectivity index (χ2n) is 7.48. The minimum atomic E-state index is -4.08. The lowest BCUT2D eigenvalue weighted by molar-refractivity contribution is -0.384. The van der Waals surface area contributed by atoms with Crippen molar-refractivity contribution in [1.29, 1.82) is 0 Å². The summed E-state index contributed by atoms with van der Waals surface area (Å²) in [5, 5.41) is 21.9.